The van der Waals surface area contributed by atoms with Crippen LogP contribution in [0.2, 0.25) is 0 Å². The summed E-state index contributed by atoms with van der Waals surface area (Å²) >= 11 is 0. The largest absolute Gasteiger partial charge is 0.416 e. The summed E-state index contributed by atoms with van der Waals surface area (Å²) < 4.78 is 68.9. The van der Waals surface area contributed by atoms with E-state index in [0.29, 0.717) is 37.3 Å². The van der Waals surface area contributed by atoms with E-state index in [2.05, 4.69) is 10.2 Å². The number of hydrogen-bond acceptors (Lipinski definition) is 6. The molecular weight excluding hydrogens is 569 g/mol. The maximum atomic E-state index is 13.0. The molecule has 1 aliphatic heterocycles. The predicted molar refractivity (Wildman–Crippen MR) is 154 cm³/mol. The number of hydrogen-bond donors (Lipinski definition) is 2. The quantitative estimate of drug-likeness (QED) is 0.306. The van der Waals surface area contributed by atoms with Gasteiger partial charge in [0.1, 0.15) is 0 Å². The molecule has 0 spiro atoms. The van der Waals surface area contributed by atoms with E-state index in [9.17, 15) is 31.5 Å². The van der Waals surface area contributed by atoms with Crippen LogP contribution in [0.5, 0.6) is 0 Å². The Bertz CT molecular complexity index is 1440. The number of rotatable bonds is 11. The molecule has 1 heterocycles. The third kappa shape index (κ3) is 7.32. The van der Waals surface area contributed by atoms with Crippen LogP contribution in [0.1, 0.15) is 59.3 Å². The van der Waals surface area contributed by atoms with Crippen LogP contribution in [0.25, 0.3) is 0 Å². The minimum absolute atomic E-state index is 0.00943. The molecule has 3 aromatic carbocycles. The lowest BCUT2D eigenvalue weighted by Crippen LogP contribution is -2.33. The number of amides is 1. The fraction of sp³-hybridized carbons (Fsp3) is 0.387. The fourth-order valence-corrected chi connectivity index (χ4v) is 6.07. The summed E-state index contributed by atoms with van der Waals surface area (Å²) in [6.45, 7) is 4.68. The van der Waals surface area contributed by atoms with Crippen molar-refractivity contribution in [2.45, 2.75) is 49.3 Å². The van der Waals surface area contributed by atoms with Gasteiger partial charge in [-0.05, 0) is 73.0 Å². The minimum Gasteiger partial charge on any atom is -0.394 e. The molecule has 3 aromatic rings. The van der Waals surface area contributed by atoms with E-state index in [4.69, 9.17) is 4.74 Å². The molecule has 1 saturated heterocycles. The number of nitrogens with zero attached hydrogens (tertiary/aromatic N) is 1. The van der Waals surface area contributed by atoms with E-state index >= 15 is 0 Å². The summed E-state index contributed by atoms with van der Waals surface area (Å²) in [5.41, 5.74) is 1.96. The highest BCUT2D eigenvalue weighted by Gasteiger charge is 2.35. The summed E-state index contributed by atoms with van der Waals surface area (Å²) in [7, 11) is -3.36. The molecule has 0 aliphatic carbocycles. The highest BCUT2D eigenvalue weighted by atomic mass is 32.2. The third-order valence-corrected chi connectivity index (χ3v) is 9.36. The van der Waals surface area contributed by atoms with E-state index in [1.165, 1.54) is 24.3 Å². The van der Waals surface area contributed by atoms with E-state index in [0.717, 1.165) is 23.4 Å². The van der Waals surface area contributed by atoms with Crippen LogP contribution < -0.4 is 10.2 Å². The number of nitrogens with one attached hydrogen (secondary N) is 1. The average molecular weight is 605 g/mol. The van der Waals surface area contributed by atoms with Crippen molar-refractivity contribution in [2.75, 3.05) is 37.0 Å². The number of carbonyl (C=O) groups is 1. The lowest BCUT2D eigenvalue weighted by Gasteiger charge is -2.27. The van der Waals surface area contributed by atoms with E-state index in [1.807, 2.05) is 19.1 Å². The van der Waals surface area contributed by atoms with Crippen molar-refractivity contribution in [2.24, 2.45) is 0 Å². The standard InChI is InChI=1S/C31H35F3N2O5S/c1-3-41-20-27-17-24(21-5-11-25(12-6-21)31(32,33)34)18-36(27)26-13-7-23(8-14-26)30(38)35-29(19-37)22-9-15-28(16-10-22)42(39,40)4-2/h5-16,24,27,29,37H,3-4,17-20H2,1-2H3,(H,35,38)/t24?,27-,29-/m0/s1. The molecule has 11 heteroatoms. The molecule has 0 radical (unpaired) electrons. The Morgan fingerprint density at radius 1 is 1.02 bits per heavy atom. The van der Waals surface area contributed by atoms with Gasteiger partial charge in [-0.3, -0.25) is 4.79 Å². The van der Waals surface area contributed by atoms with Crippen molar-refractivity contribution in [3.8, 4) is 0 Å². The lowest BCUT2D eigenvalue weighted by atomic mass is 9.95. The molecule has 0 aromatic heterocycles. The zero-order valence-electron chi connectivity index (χ0n) is 23.5. The van der Waals surface area contributed by atoms with Crippen molar-refractivity contribution in [1.29, 1.82) is 0 Å². The van der Waals surface area contributed by atoms with Gasteiger partial charge < -0.3 is 20.1 Å². The molecule has 226 valence electrons. The fourth-order valence-electron chi connectivity index (χ4n) is 5.18. The van der Waals surface area contributed by atoms with Crippen LogP contribution in [0.15, 0.2) is 77.7 Å². The number of anilines is 1. The molecule has 1 unspecified atom stereocenters. The molecule has 1 aliphatic rings. The van der Waals surface area contributed by atoms with Crippen molar-refractivity contribution in [3.63, 3.8) is 0 Å². The zero-order chi connectivity index (χ0) is 30.5. The number of sulfone groups is 1. The van der Waals surface area contributed by atoms with Crippen molar-refractivity contribution >= 4 is 21.4 Å². The van der Waals surface area contributed by atoms with Gasteiger partial charge in [0, 0.05) is 30.3 Å². The number of benzene rings is 3. The molecule has 2 N–H and O–H groups in total. The number of aliphatic hydroxyl groups excluding tert-OH is 1. The summed E-state index contributed by atoms with van der Waals surface area (Å²) in [6.07, 6.45) is -3.67. The topological polar surface area (TPSA) is 95.9 Å². The number of halogens is 3. The second kappa shape index (κ2) is 13.3. The molecule has 0 saturated carbocycles. The number of alkyl halides is 3. The normalized spacial score (nSPS) is 18.2. The van der Waals surface area contributed by atoms with Crippen LogP contribution in [-0.4, -0.2) is 57.6 Å². The molecular formula is C31H35F3N2O5S. The molecule has 1 amide bonds. The van der Waals surface area contributed by atoms with Crippen LogP contribution >= 0.6 is 0 Å². The van der Waals surface area contributed by atoms with Gasteiger partial charge in [0.05, 0.1) is 41.5 Å². The van der Waals surface area contributed by atoms with E-state index in [1.54, 1.807) is 31.2 Å². The first-order valence-electron chi connectivity index (χ1n) is 13.8. The summed E-state index contributed by atoms with van der Waals surface area (Å²) in [5, 5.41) is 12.7. The highest BCUT2D eigenvalue weighted by Crippen LogP contribution is 2.37. The number of carbonyl (C=O) groups excluding carboxylic acids is 1. The van der Waals surface area contributed by atoms with Gasteiger partial charge in [-0.2, -0.15) is 13.2 Å². The lowest BCUT2D eigenvalue weighted by molar-refractivity contribution is -0.137. The maximum absolute atomic E-state index is 13.0. The van der Waals surface area contributed by atoms with E-state index in [-0.39, 0.29) is 29.2 Å². The average Bonchev–Trinajstić information content (AvgIpc) is 3.42. The Morgan fingerprint density at radius 3 is 2.21 bits per heavy atom. The van der Waals surface area contributed by atoms with Gasteiger partial charge in [0.2, 0.25) is 0 Å². The first kappa shape index (κ1) is 31.5. The monoisotopic (exact) mass is 604 g/mol. The second-order valence-electron chi connectivity index (χ2n) is 10.2. The third-order valence-electron chi connectivity index (χ3n) is 7.61. The SMILES string of the molecule is CCOC[C@@H]1CC(c2ccc(C(F)(F)F)cc2)CN1c1ccc(C(=O)N[C@@H](CO)c2ccc(S(=O)(=O)CC)cc2)cc1. The van der Waals surface area contributed by atoms with Crippen molar-refractivity contribution < 1.29 is 36.2 Å². The van der Waals surface area contributed by atoms with Gasteiger partial charge in [-0.1, -0.05) is 31.2 Å². The molecule has 1 fully saturated rings. The minimum atomic E-state index is -4.38. The first-order chi connectivity index (χ1) is 20.0. The molecule has 4 rings (SSSR count). The van der Waals surface area contributed by atoms with Gasteiger partial charge in [-0.15, -0.1) is 0 Å². The van der Waals surface area contributed by atoms with Gasteiger partial charge in [0.15, 0.2) is 9.84 Å². The van der Waals surface area contributed by atoms with Gasteiger partial charge >= 0.3 is 6.18 Å². The van der Waals surface area contributed by atoms with Crippen molar-refractivity contribution in [1.82, 2.24) is 5.32 Å². The zero-order valence-corrected chi connectivity index (χ0v) is 24.3. The van der Waals surface area contributed by atoms with Gasteiger partial charge in [0.25, 0.3) is 5.91 Å². The smallest absolute Gasteiger partial charge is 0.394 e. The Kier molecular flexibility index (Phi) is 9.96. The van der Waals surface area contributed by atoms with Crippen LogP contribution in [0.4, 0.5) is 18.9 Å². The van der Waals surface area contributed by atoms with Crippen LogP contribution in [0.3, 0.4) is 0 Å². The molecule has 7 nitrogen and oxygen atoms in total. The number of ether oxygens (including phenoxy) is 1. The highest BCUT2D eigenvalue weighted by molar-refractivity contribution is 7.91. The molecule has 0 bridgehead atoms. The Labute approximate surface area is 244 Å². The van der Waals surface area contributed by atoms with Crippen LogP contribution in [0, 0.1) is 0 Å². The Balaban J connectivity index is 1.46. The summed E-state index contributed by atoms with van der Waals surface area (Å²) in [5.74, 6) is -0.410. The summed E-state index contributed by atoms with van der Waals surface area (Å²) in [4.78, 5) is 15.3. The Morgan fingerprint density at radius 2 is 1.67 bits per heavy atom. The second-order valence-corrected chi connectivity index (χ2v) is 12.5. The maximum Gasteiger partial charge on any atom is 0.416 e. The Hall–Kier alpha value is -3.41. The predicted octanol–water partition coefficient (Wildman–Crippen LogP) is 5.36. The molecule has 3 atom stereocenters. The molecule has 42 heavy (non-hydrogen) atoms. The first-order valence-corrected chi connectivity index (χ1v) is 15.5. The van der Waals surface area contributed by atoms with E-state index < -0.39 is 33.5 Å². The van der Waals surface area contributed by atoms with Crippen LogP contribution in [-0.2, 0) is 20.8 Å². The van der Waals surface area contributed by atoms with Crippen molar-refractivity contribution in [3.05, 3.63) is 95.1 Å². The number of aliphatic hydroxyl groups is 1. The summed E-state index contributed by atoms with van der Waals surface area (Å²) in [6, 6.07) is 17.7. The van der Waals surface area contributed by atoms with Gasteiger partial charge in [-0.25, -0.2) is 8.42 Å².